The van der Waals surface area contributed by atoms with E-state index in [0.717, 1.165) is 10.1 Å². The van der Waals surface area contributed by atoms with Gasteiger partial charge in [0.2, 0.25) is 10.9 Å². The average Bonchev–Trinajstić information content (AvgIpc) is 2.95. The van der Waals surface area contributed by atoms with Crippen LogP contribution in [0.2, 0.25) is 5.15 Å². The van der Waals surface area contributed by atoms with Gasteiger partial charge < -0.3 is 4.57 Å². The lowest BCUT2D eigenvalue weighted by Gasteiger charge is -2.11. The number of fused-ring (bicyclic) bond motifs is 1. The van der Waals surface area contributed by atoms with Gasteiger partial charge in [-0.15, -0.1) is 5.10 Å². The molecular weight excluding hydrogens is 379 g/mol. The molecule has 6 nitrogen and oxygen atoms in total. The Bertz CT molecular complexity index is 967. The monoisotopic (exact) mass is 389 g/mol. The van der Waals surface area contributed by atoms with Crippen molar-refractivity contribution in [2.75, 3.05) is 5.75 Å². The third kappa shape index (κ3) is 4.13. The highest BCUT2D eigenvalue weighted by Gasteiger charge is 2.28. The summed E-state index contributed by atoms with van der Waals surface area (Å²) >= 11 is 6.19. The van der Waals surface area contributed by atoms with E-state index in [2.05, 4.69) is 15.1 Å². The molecule has 0 saturated carbocycles. The number of halogens is 4. The van der Waals surface area contributed by atoms with Gasteiger partial charge in [0, 0.05) is 18.0 Å². The summed E-state index contributed by atoms with van der Waals surface area (Å²) in [6, 6.07) is 4.74. The quantitative estimate of drug-likeness (QED) is 0.507. The Labute approximate surface area is 148 Å². The van der Waals surface area contributed by atoms with E-state index in [1.54, 1.807) is 29.8 Å². The summed E-state index contributed by atoms with van der Waals surface area (Å²) in [4.78, 5) is 20.1. The molecule has 0 aliphatic carbocycles. The number of hydrogen-bond donors (Lipinski definition) is 0. The predicted molar refractivity (Wildman–Crippen MR) is 87.1 cm³/mol. The van der Waals surface area contributed by atoms with Crippen molar-refractivity contribution in [3.05, 3.63) is 51.2 Å². The molecule has 0 N–H and O–H groups in total. The van der Waals surface area contributed by atoms with Crippen LogP contribution in [0.15, 0.2) is 34.3 Å². The van der Waals surface area contributed by atoms with Gasteiger partial charge in [-0.1, -0.05) is 29.4 Å². The molecule has 3 rings (SSSR count). The number of aromatic nitrogens is 5. The second-order valence-corrected chi connectivity index (χ2v) is 6.54. The van der Waals surface area contributed by atoms with Crippen LogP contribution in [0.3, 0.4) is 0 Å². The van der Waals surface area contributed by atoms with Gasteiger partial charge in [0.15, 0.2) is 0 Å². The number of nitrogens with zero attached hydrogens (tertiary/aromatic N) is 5. The first-order valence-electron chi connectivity index (χ1n) is 7.00. The predicted octanol–water partition coefficient (Wildman–Crippen LogP) is 2.95. The van der Waals surface area contributed by atoms with Gasteiger partial charge in [0.25, 0.3) is 5.56 Å². The first-order valence-corrected chi connectivity index (χ1v) is 8.36. The highest BCUT2D eigenvalue weighted by Crippen LogP contribution is 2.25. The number of aryl methyl sites for hydroxylation is 1. The number of alkyl halides is 3. The lowest BCUT2D eigenvalue weighted by Crippen LogP contribution is -2.20. The van der Waals surface area contributed by atoms with Crippen LogP contribution in [-0.2, 0) is 6.54 Å². The van der Waals surface area contributed by atoms with E-state index in [9.17, 15) is 18.0 Å². The van der Waals surface area contributed by atoms with Crippen molar-refractivity contribution in [2.24, 2.45) is 0 Å². The number of pyridine rings is 1. The summed E-state index contributed by atoms with van der Waals surface area (Å²) in [6.45, 7) is 2.03. The van der Waals surface area contributed by atoms with Crippen LogP contribution < -0.4 is 5.56 Å². The fourth-order valence-corrected chi connectivity index (χ4v) is 2.86. The van der Waals surface area contributed by atoms with E-state index in [4.69, 9.17) is 11.6 Å². The molecule has 3 heterocycles. The van der Waals surface area contributed by atoms with Crippen molar-refractivity contribution in [1.82, 2.24) is 24.1 Å². The molecule has 0 radical (unpaired) electrons. The van der Waals surface area contributed by atoms with Crippen LogP contribution in [0, 0.1) is 6.92 Å². The normalized spacial score (nSPS) is 12.0. The van der Waals surface area contributed by atoms with Crippen molar-refractivity contribution >= 4 is 29.1 Å². The standard InChI is InChI=1S/C14H11ClF3N5OS/c1-8-4-11(24)23-13(20-12(21-23)25-7-14(16,17)18)22(8)6-9-2-3-10(15)19-5-9/h2-5H,6-7H2,1H3. The van der Waals surface area contributed by atoms with Crippen molar-refractivity contribution in [3.8, 4) is 0 Å². The molecule has 0 unspecified atom stereocenters. The largest absolute Gasteiger partial charge is 0.398 e. The lowest BCUT2D eigenvalue weighted by atomic mass is 10.3. The SMILES string of the molecule is Cc1cc(=O)n2nc(SCC(F)(F)F)nc2n1Cc1ccc(Cl)nc1. The zero-order valence-electron chi connectivity index (χ0n) is 12.8. The molecule has 0 atom stereocenters. The second-order valence-electron chi connectivity index (χ2n) is 5.21. The molecule has 0 aliphatic heterocycles. The van der Waals surface area contributed by atoms with E-state index < -0.39 is 17.5 Å². The molecule has 25 heavy (non-hydrogen) atoms. The first-order chi connectivity index (χ1) is 11.7. The van der Waals surface area contributed by atoms with Gasteiger partial charge >= 0.3 is 6.18 Å². The van der Waals surface area contributed by atoms with Gasteiger partial charge in [-0.2, -0.15) is 22.7 Å². The fourth-order valence-electron chi connectivity index (χ4n) is 2.17. The van der Waals surface area contributed by atoms with E-state index in [1.165, 1.54) is 6.07 Å². The van der Waals surface area contributed by atoms with Crippen LogP contribution in [0.5, 0.6) is 0 Å². The lowest BCUT2D eigenvalue weighted by molar-refractivity contribution is -0.105. The average molecular weight is 390 g/mol. The van der Waals surface area contributed by atoms with Gasteiger partial charge in [0.1, 0.15) is 5.15 Å². The van der Waals surface area contributed by atoms with Gasteiger partial charge in [-0.25, -0.2) is 4.98 Å². The van der Waals surface area contributed by atoms with Crippen LogP contribution >= 0.6 is 23.4 Å². The Hall–Kier alpha value is -2.07. The smallest absolute Gasteiger partial charge is 0.310 e. The maximum absolute atomic E-state index is 12.4. The van der Waals surface area contributed by atoms with Crippen molar-refractivity contribution in [2.45, 2.75) is 24.8 Å². The van der Waals surface area contributed by atoms with Crippen LogP contribution in [0.4, 0.5) is 13.2 Å². The summed E-state index contributed by atoms with van der Waals surface area (Å²) < 4.78 is 39.8. The minimum atomic E-state index is -4.34. The molecule has 0 spiro atoms. The first kappa shape index (κ1) is 17.7. The fraction of sp³-hybridized carbons (Fsp3) is 0.286. The Balaban J connectivity index is 2.00. The molecule has 132 valence electrons. The van der Waals surface area contributed by atoms with Gasteiger partial charge in [0.05, 0.1) is 12.3 Å². The maximum atomic E-state index is 12.4. The van der Waals surface area contributed by atoms with E-state index >= 15 is 0 Å². The summed E-state index contributed by atoms with van der Waals surface area (Å²) in [5.74, 6) is -0.956. The molecule has 0 bridgehead atoms. The van der Waals surface area contributed by atoms with Gasteiger partial charge in [-0.05, 0) is 18.6 Å². The van der Waals surface area contributed by atoms with Crippen molar-refractivity contribution < 1.29 is 13.2 Å². The minimum Gasteiger partial charge on any atom is -0.310 e. The highest BCUT2D eigenvalue weighted by atomic mass is 35.5. The third-order valence-electron chi connectivity index (χ3n) is 3.27. The molecule has 0 amide bonds. The summed E-state index contributed by atoms with van der Waals surface area (Å²) in [5.41, 5.74) is 0.946. The van der Waals surface area contributed by atoms with Gasteiger partial charge in [-0.3, -0.25) is 4.79 Å². The van der Waals surface area contributed by atoms with E-state index in [-0.39, 0.29) is 10.9 Å². The minimum absolute atomic E-state index is 0.108. The number of hydrogen-bond acceptors (Lipinski definition) is 5. The Morgan fingerprint density at radius 3 is 2.72 bits per heavy atom. The highest BCUT2D eigenvalue weighted by molar-refractivity contribution is 7.99. The molecule has 0 aliphatic rings. The molecule has 3 aromatic heterocycles. The van der Waals surface area contributed by atoms with Crippen LogP contribution in [0.1, 0.15) is 11.3 Å². The number of rotatable bonds is 4. The molecule has 11 heteroatoms. The summed E-state index contributed by atoms with van der Waals surface area (Å²) in [6.07, 6.45) is -2.77. The molecular formula is C14H11ClF3N5OS. The summed E-state index contributed by atoms with van der Waals surface area (Å²) in [5, 5.41) is 4.11. The van der Waals surface area contributed by atoms with Crippen LogP contribution in [-0.4, -0.2) is 36.1 Å². The third-order valence-corrected chi connectivity index (χ3v) is 4.40. The Morgan fingerprint density at radius 1 is 1.32 bits per heavy atom. The maximum Gasteiger partial charge on any atom is 0.398 e. The molecule has 0 fully saturated rings. The zero-order valence-corrected chi connectivity index (χ0v) is 14.4. The topological polar surface area (TPSA) is 65.1 Å². The molecule has 0 aromatic carbocycles. The van der Waals surface area contributed by atoms with Crippen LogP contribution in [0.25, 0.3) is 5.78 Å². The number of thioether (sulfide) groups is 1. The molecule has 3 aromatic rings. The van der Waals surface area contributed by atoms with E-state index in [1.807, 2.05) is 0 Å². The van der Waals surface area contributed by atoms with Crippen molar-refractivity contribution in [3.63, 3.8) is 0 Å². The molecule has 0 saturated heterocycles. The van der Waals surface area contributed by atoms with E-state index in [0.29, 0.717) is 29.2 Å². The summed E-state index contributed by atoms with van der Waals surface area (Å²) in [7, 11) is 0. The zero-order chi connectivity index (χ0) is 18.2. The Morgan fingerprint density at radius 2 is 2.08 bits per heavy atom. The Kier molecular flexibility index (Phi) is 4.74. The van der Waals surface area contributed by atoms with Crippen molar-refractivity contribution in [1.29, 1.82) is 0 Å². The second kappa shape index (κ2) is 6.68.